The summed E-state index contributed by atoms with van der Waals surface area (Å²) in [7, 11) is 0. The zero-order valence-corrected chi connectivity index (χ0v) is 12.5. The first-order chi connectivity index (χ1) is 10.5. The predicted octanol–water partition coefficient (Wildman–Crippen LogP) is 4.11. The average Bonchev–Trinajstić information content (AvgIpc) is 2.88. The second-order valence-electron chi connectivity index (χ2n) is 4.39. The molecule has 0 aliphatic heterocycles. The lowest BCUT2D eigenvalue weighted by atomic mass is 10.2. The van der Waals surface area contributed by atoms with E-state index in [0.29, 0.717) is 21.2 Å². The third kappa shape index (κ3) is 2.90. The van der Waals surface area contributed by atoms with Crippen molar-refractivity contribution in [1.29, 1.82) is 0 Å². The zero-order valence-electron chi connectivity index (χ0n) is 10.9. The number of nitrogens with zero attached hydrogens (tertiary/aromatic N) is 2. The molecule has 1 heterocycles. The van der Waals surface area contributed by atoms with Crippen molar-refractivity contribution in [3.63, 3.8) is 0 Å². The van der Waals surface area contributed by atoms with Gasteiger partial charge in [0, 0.05) is 22.7 Å². The van der Waals surface area contributed by atoms with Gasteiger partial charge in [-0.1, -0.05) is 22.9 Å². The van der Waals surface area contributed by atoms with Crippen LogP contribution in [0.25, 0.3) is 10.2 Å². The summed E-state index contributed by atoms with van der Waals surface area (Å²) < 4.78 is 0.761. The second-order valence-corrected chi connectivity index (χ2v) is 5.86. The van der Waals surface area contributed by atoms with Crippen molar-refractivity contribution >= 4 is 49.9 Å². The quantitative estimate of drug-likeness (QED) is 0.577. The molecule has 1 aromatic heterocycles. The smallest absolute Gasteiger partial charge is 0.271 e. The van der Waals surface area contributed by atoms with Crippen molar-refractivity contribution in [3.8, 4) is 0 Å². The molecule has 0 saturated carbocycles. The highest BCUT2D eigenvalue weighted by Crippen LogP contribution is 2.29. The summed E-state index contributed by atoms with van der Waals surface area (Å²) in [4.78, 5) is 26.5. The minimum Gasteiger partial charge on any atom is -0.298 e. The summed E-state index contributed by atoms with van der Waals surface area (Å²) in [6, 6.07) is 10.9. The maximum absolute atomic E-state index is 12.1. The third-order valence-corrected chi connectivity index (χ3v) is 4.11. The minimum absolute atomic E-state index is 0.0339. The molecule has 0 unspecified atom stereocenters. The van der Waals surface area contributed by atoms with Crippen molar-refractivity contribution < 1.29 is 9.72 Å². The highest BCUT2D eigenvalue weighted by Gasteiger charge is 2.12. The number of non-ortho nitro benzene ring substituents is 1. The number of carbonyl (C=O) groups excluding carboxylic acids is 1. The summed E-state index contributed by atoms with van der Waals surface area (Å²) in [5.41, 5.74) is 0.897. The Morgan fingerprint density at radius 3 is 2.64 bits per heavy atom. The molecule has 6 nitrogen and oxygen atoms in total. The number of hydrogen-bond acceptors (Lipinski definition) is 5. The Balaban J connectivity index is 1.86. The lowest BCUT2D eigenvalue weighted by Gasteiger charge is -2.01. The number of anilines is 1. The van der Waals surface area contributed by atoms with Crippen molar-refractivity contribution in [2.75, 3.05) is 5.32 Å². The van der Waals surface area contributed by atoms with Crippen LogP contribution < -0.4 is 5.32 Å². The van der Waals surface area contributed by atoms with E-state index in [9.17, 15) is 14.9 Å². The molecule has 3 aromatic rings. The normalized spacial score (nSPS) is 10.6. The highest BCUT2D eigenvalue weighted by molar-refractivity contribution is 7.22. The summed E-state index contributed by atoms with van der Waals surface area (Å²) in [5.74, 6) is -0.315. The molecular formula is C14H8ClN3O3S. The number of nitrogens with one attached hydrogen (secondary N) is 1. The van der Waals surface area contributed by atoms with Crippen LogP contribution in [0.5, 0.6) is 0 Å². The van der Waals surface area contributed by atoms with E-state index in [1.807, 2.05) is 0 Å². The van der Waals surface area contributed by atoms with E-state index in [4.69, 9.17) is 11.6 Å². The molecule has 0 aliphatic carbocycles. The lowest BCUT2D eigenvalue weighted by Crippen LogP contribution is -2.11. The number of benzene rings is 2. The maximum atomic E-state index is 12.1. The van der Waals surface area contributed by atoms with Crippen LogP contribution >= 0.6 is 22.9 Å². The van der Waals surface area contributed by atoms with Gasteiger partial charge in [0.25, 0.3) is 11.6 Å². The van der Waals surface area contributed by atoms with Gasteiger partial charge in [0.2, 0.25) is 0 Å². The van der Waals surface area contributed by atoms with E-state index in [2.05, 4.69) is 10.3 Å². The molecule has 3 rings (SSSR count). The SMILES string of the molecule is O=C(Nc1nc2cc([N+](=O)[O-])ccc2s1)c1ccc(Cl)cc1. The number of aromatic nitrogens is 1. The molecule has 0 fully saturated rings. The molecule has 0 spiro atoms. The standard InChI is InChI=1S/C14H8ClN3O3S/c15-9-3-1-8(2-4-9)13(19)17-14-16-11-7-10(18(20)21)5-6-12(11)22-14/h1-7H,(H,16,17,19). The molecule has 1 N–H and O–H groups in total. The predicted molar refractivity (Wildman–Crippen MR) is 85.7 cm³/mol. The van der Waals surface area contributed by atoms with Gasteiger partial charge in [0.15, 0.2) is 5.13 Å². The largest absolute Gasteiger partial charge is 0.298 e. The van der Waals surface area contributed by atoms with Crippen molar-refractivity contribution in [2.24, 2.45) is 0 Å². The van der Waals surface area contributed by atoms with Crippen molar-refractivity contribution in [1.82, 2.24) is 4.98 Å². The van der Waals surface area contributed by atoms with E-state index in [1.54, 1.807) is 30.3 Å². The van der Waals surface area contributed by atoms with Crippen LogP contribution in [0.2, 0.25) is 5.02 Å². The van der Waals surface area contributed by atoms with Gasteiger partial charge in [-0.15, -0.1) is 0 Å². The van der Waals surface area contributed by atoms with E-state index in [0.717, 1.165) is 4.70 Å². The van der Waals surface area contributed by atoms with Gasteiger partial charge in [-0.25, -0.2) is 4.98 Å². The number of halogens is 1. The zero-order chi connectivity index (χ0) is 15.7. The number of amides is 1. The van der Waals surface area contributed by atoms with Gasteiger partial charge < -0.3 is 0 Å². The number of nitro benzene ring substituents is 1. The number of rotatable bonds is 3. The Morgan fingerprint density at radius 2 is 1.95 bits per heavy atom. The van der Waals surface area contributed by atoms with Gasteiger partial charge in [0.1, 0.15) is 0 Å². The fraction of sp³-hybridized carbons (Fsp3) is 0. The first-order valence-corrected chi connectivity index (χ1v) is 7.34. The number of nitro groups is 1. The van der Waals surface area contributed by atoms with Gasteiger partial charge in [0.05, 0.1) is 15.1 Å². The van der Waals surface area contributed by atoms with Gasteiger partial charge in [-0.2, -0.15) is 0 Å². The van der Waals surface area contributed by atoms with E-state index >= 15 is 0 Å². The summed E-state index contributed by atoms with van der Waals surface area (Å²) in [6.45, 7) is 0. The second kappa shape index (κ2) is 5.70. The average molecular weight is 334 g/mol. The molecule has 0 saturated heterocycles. The first kappa shape index (κ1) is 14.4. The molecule has 0 aliphatic rings. The molecule has 22 heavy (non-hydrogen) atoms. The molecule has 0 atom stereocenters. The van der Waals surface area contributed by atoms with E-state index in [1.165, 1.54) is 23.5 Å². The summed E-state index contributed by atoms with van der Waals surface area (Å²) >= 11 is 7.03. The van der Waals surface area contributed by atoms with E-state index in [-0.39, 0.29) is 11.6 Å². The maximum Gasteiger partial charge on any atom is 0.271 e. The van der Waals surface area contributed by atoms with Crippen LogP contribution in [0, 0.1) is 10.1 Å². The van der Waals surface area contributed by atoms with Crippen LogP contribution in [0.15, 0.2) is 42.5 Å². The molecule has 1 amide bonds. The van der Waals surface area contributed by atoms with Crippen molar-refractivity contribution in [2.45, 2.75) is 0 Å². The lowest BCUT2D eigenvalue weighted by molar-refractivity contribution is -0.384. The van der Waals surface area contributed by atoms with Crippen LogP contribution in [0.4, 0.5) is 10.8 Å². The Morgan fingerprint density at radius 1 is 1.23 bits per heavy atom. The number of thiazole rings is 1. The fourth-order valence-corrected chi connectivity index (χ4v) is 2.82. The number of hydrogen-bond donors (Lipinski definition) is 1. The van der Waals surface area contributed by atoms with E-state index < -0.39 is 4.92 Å². The molecule has 0 bridgehead atoms. The highest BCUT2D eigenvalue weighted by atomic mass is 35.5. The van der Waals surface area contributed by atoms with Crippen LogP contribution in [-0.4, -0.2) is 15.8 Å². The third-order valence-electron chi connectivity index (χ3n) is 2.91. The fourth-order valence-electron chi connectivity index (χ4n) is 1.85. The number of carbonyl (C=O) groups is 1. The Hall–Kier alpha value is -2.51. The number of fused-ring (bicyclic) bond motifs is 1. The Bertz CT molecular complexity index is 877. The summed E-state index contributed by atoms with van der Waals surface area (Å²) in [6.07, 6.45) is 0. The van der Waals surface area contributed by atoms with Crippen LogP contribution in [0.3, 0.4) is 0 Å². The molecule has 2 aromatic carbocycles. The molecule has 8 heteroatoms. The molecular weight excluding hydrogens is 326 g/mol. The summed E-state index contributed by atoms with van der Waals surface area (Å²) in [5, 5.41) is 14.3. The monoisotopic (exact) mass is 333 g/mol. The van der Waals surface area contributed by atoms with Crippen molar-refractivity contribution in [3.05, 3.63) is 63.2 Å². The molecule has 0 radical (unpaired) electrons. The minimum atomic E-state index is -0.481. The van der Waals surface area contributed by atoms with Gasteiger partial charge in [-0.05, 0) is 30.3 Å². The first-order valence-electron chi connectivity index (χ1n) is 6.15. The Labute approximate surface area is 133 Å². The van der Waals surface area contributed by atoms with Crippen LogP contribution in [-0.2, 0) is 0 Å². The molecule has 110 valence electrons. The Kier molecular flexibility index (Phi) is 3.74. The van der Waals surface area contributed by atoms with Gasteiger partial charge >= 0.3 is 0 Å². The topological polar surface area (TPSA) is 85.1 Å². The van der Waals surface area contributed by atoms with Crippen LogP contribution in [0.1, 0.15) is 10.4 Å². The van der Waals surface area contributed by atoms with Gasteiger partial charge in [-0.3, -0.25) is 20.2 Å².